The van der Waals surface area contributed by atoms with Crippen molar-refractivity contribution in [2.75, 3.05) is 5.32 Å². The van der Waals surface area contributed by atoms with E-state index in [2.05, 4.69) is 12.2 Å². The second kappa shape index (κ2) is 5.82. The number of nitrogens with zero attached hydrogens (tertiary/aromatic N) is 1. The number of benzene rings is 1. The van der Waals surface area contributed by atoms with Gasteiger partial charge in [-0.1, -0.05) is 25.5 Å². The van der Waals surface area contributed by atoms with E-state index in [1.54, 1.807) is 0 Å². The van der Waals surface area contributed by atoms with Crippen LogP contribution in [0.3, 0.4) is 0 Å². The standard InChI is InChI=1S/C12H14N2O/c1-2-3-10-4-6-11(7-5-10)14-12(15)8-9-13/h4-7H,2-3,8H2,1H3,(H,14,15). The maximum atomic E-state index is 11.1. The highest BCUT2D eigenvalue weighted by Gasteiger charge is 2.00. The van der Waals surface area contributed by atoms with E-state index in [9.17, 15) is 4.79 Å². The topological polar surface area (TPSA) is 52.9 Å². The van der Waals surface area contributed by atoms with Crippen LogP contribution in [0.2, 0.25) is 0 Å². The molecule has 0 fully saturated rings. The number of nitriles is 1. The molecule has 0 aliphatic carbocycles. The van der Waals surface area contributed by atoms with Crippen molar-refractivity contribution < 1.29 is 4.79 Å². The van der Waals surface area contributed by atoms with Crippen molar-refractivity contribution in [3.8, 4) is 6.07 Å². The van der Waals surface area contributed by atoms with Crippen LogP contribution in [-0.4, -0.2) is 5.91 Å². The Kier molecular flexibility index (Phi) is 4.36. The average Bonchev–Trinajstić information content (AvgIpc) is 2.22. The molecule has 1 rings (SSSR count). The average molecular weight is 202 g/mol. The SMILES string of the molecule is CCCc1ccc(NC(=O)CC#N)cc1. The fourth-order valence-electron chi connectivity index (χ4n) is 1.32. The number of aryl methyl sites for hydroxylation is 1. The van der Waals surface area contributed by atoms with Crippen LogP contribution in [0.5, 0.6) is 0 Å². The second-order valence-corrected chi connectivity index (χ2v) is 3.33. The van der Waals surface area contributed by atoms with Crippen molar-refractivity contribution in [3.05, 3.63) is 29.8 Å². The molecule has 0 aliphatic rings. The van der Waals surface area contributed by atoms with E-state index in [1.807, 2.05) is 30.3 Å². The van der Waals surface area contributed by atoms with Crippen LogP contribution in [0.1, 0.15) is 25.3 Å². The zero-order valence-corrected chi connectivity index (χ0v) is 8.79. The number of anilines is 1. The van der Waals surface area contributed by atoms with Crippen LogP contribution in [0.4, 0.5) is 5.69 Å². The third-order valence-electron chi connectivity index (χ3n) is 2.02. The molecule has 15 heavy (non-hydrogen) atoms. The van der Waals surface area contributed by atoms with Crippen molar-refractivity contribution >= 4 is 11.6 Å². The number of rotatable bonds is 4. The highest BCUT2D eigenvalue weighted by atomic mass is 16.1. The first-order valence-electron chi connectivity index (χ1n) is 5.02. The van der Waals surface area contributed by atoms with Gasteiger partial charge >= 0.3 is 0 Å². The number of carbonyl (C=O) groups excluding carboxylic acids is 1. The number of hydrogen-bond acceptors (Lipinski definition) is 2. The van der Waals surface area contributed by atoms with Crippen molar-refractivity contribution in [2.45, 2.75) is 26.2 Å². The van der Waals surface area contributed by atoms with E-state index >= 15 is 0 Å². The molecule has 3 heteroatoms. The molecule has 0 bridgehead atoms. The number of hydrogen-bond donors (Lipinski definition) is 1. The zero-order valence-electron chi connectivity index (χ0n) is 8.79. The quantitative estimate of drug-likeness (QED) is 0.815. The van der Waals surface area contributed by atoms with Crippen LogP contribution in [-0.2, 0) is 11.2 Å². The van der Waals surface area contributed by atoms with Crippen LogP contribution in [0.15, 0.2) is 24.3 Å². The third-order valence-corrected chi connectivity index (χ3v) is 2.02. The van der Waals surface area contributed by atoms with E-state index in [1.165, 1.54) is 5.56 Å². The minimum Gasteiger partial charge on any atom is -0.325 e. The summed E-state index contributed by atoms with van der Waals surface area (Å²) in [6.45, 7) is 2.13. The van der Waals surface area contributed by atoms with Gasteiger partial charge in [-0.25, -0.2) is 0 Å². The highest BCUT2D eigenvalue weighted by molar-refractivity contribution is 5.91. The lowest BCUT2D eigenvalue weighted by atomic mass is 10.1. The Hall–Kier alpha value is -1.82. The van der Waals surface area contributed by atoms with Crippen molar-refractivity contribution in [2.24, 2.45) is 0 Å². The van der Waals surface area contributed by atoms with Gasteiger partial charge in [0.2, 0.25) is 5.91 Å². The van der Waals surface area contributed by atoms with Gasteiger partial charge in [-0.2, -0.15) is 5.26 Å². The number of amides is 1. The van der Waals surface area contributed by atoms with Gasteiger partial charge in [0.1, 0.15) is 6.42 Å². The maximum Gasteiger partial charge on any atom is 0.238 e. The molecule has 0 heterocycles. The highest BCUT2D eigenvalue weighted by Crippen LogP contribution is 2.11. The molecule has 0 atom stereocenters. The number of carbonyl (C=O) groups is 1. The minimum absolute atomic E-state index is 0.100. The van der Waals surface area contributed by atoms with Gasteiger partial charge in [0.05, 0.1) is 6.07 Å². The fraction of sp³-hybridized carbons (Fsp3) is 0.333. The summed E-state index contributed by atoms with van der Waals surface area (Å²) in [4.78, 5) is 11.1. The van der Waals surface area contributed by atoms with E-state index in [-0.39, 0.29) is 12.3 Å². The predicted octanol–water partition coefficient (Wildman–Crippen LogP) is 2.49. The Labute approximate surface area is 89.7 Å². The summed E-state index contributed by atoms with van der Waals surface area (Å²) in [5, 5.41) is 11.0. The summed E-state index contributed by atoms with van der Waals surface area (Å²) in [6.07, 6.45) is 2.06. The van der Waals surface area contributed by atoms with Crippen molar-refractivity contribution in [1.82, 2.24) is 0 Å². The van der Waals surface area contributed by atoms with Crippen LogP contribution in [0, 0.1) is 11.3 Å². The monoisotopic (exact) mass is 202 g/mol. The van der Waals surface area contributed by atoms with Gasteiger partial charge < -0.3 is 5.32 Å². The first-order valence-corrected chi connectivity index (χ1v) is 5.02. The summed E-state index contributed by atoms with van der Waals surface area (Å²) in [5.74, 6) is -0.263. The molecule has 0 saturated heterocycles. The molecule has 0 aliphatic heterocycles. The Morgan fingerprint density at radius 1 is 1.40 bits per heavy atom. The van der Waals surface area contributed by atoms with Crippen molar-refractivity contribution in [1.29, 1.82) is 5.26 Å². The summed E-state index contributed by atoms with van der Waals surface area (Å²) in [7, 11) is 0. The summed E-state index contributed by atoms with van der Waals surface area (Å²) in [6, 6.07) is 9.51. The lowest BCUT2D eigenvalue weighted by Gasteiger charge is -2.03. The summed E-state index contributed by atoms with van der Waals surface area (Å²) < 4.78 is 0. The molecule has 0 saturated carbocycles. The smallest absolute Gasteiger partial charge is 0.238 e. The Morgan fingerprint density at radius 3 is 2.60 bits per heavy atom. The lowest BCUT2D eigenvalue weighted by Crippen LogP contribution is -2.09. The molecular weight excluding hydrogens is 188 g/mol. The minimum atomic E-state index is -0.263. The Bertz CT molecular complexity index is 362. The summed E-state index contributed by atoms with van der Waals surface area (Å²) in [5.41, 5.74) is 2.01. The predicted molar refractivity (Wildman–Crippen MR) is 59.3 cm³/mol. The molecule has 1 N–H and O–H groups in total. The molecule has 78 valence electrons. The van der Waals surface area contributed by atoms with E-state index < -0.39 is 0 Å². The normalized spacial score (nSPS) is 9.33. The van der Waals surface area contributed by atoms with Crippen LogP contribution >= 0.6 is 0 Å². The zero-order chi connectivity index (χ0) is 11.1. The molecule has 0 unspecified atom stereocenters. The maximum absolute atomic E-state index is 11.1. The molecule has 1 amide bonds. The van der Waals surface area contributed by atoms with Gasteiger partial charge in [-0.15, -0.1) is 0 Å². The molecule has 0 aromatic heterocycles. The molecule has 3 nitrogen and oxygen atoms in total. The van der Waals surface area contributed by atoms with Gasteiger partial charge in [0.15, 0.2) is 0 Å². The lowest BCUT2D eigenvalue weighted by molar-refractivity contribution is -0.115. The van der Waals surface area contributed by atoms with Crippen LogP contribution < -0.4 is 5.32 Å². The van der Waals surface area contributed by atoms with E-state index in [0.717, 1.165) is 18.5 Å². The molecule has 1 aromatic rings. The first kappa shape index (κ1) is 11.3. The Morgan fingerprint density at radius 2 is 2.07 bits per heavy atom. The summed E-state index contributed by atoms with van der Waals surface area (Å²) >= 11 is 0. The molecular formula is C12H14N2O. The molecule has 1 aromatic carbocycles. The second-order valence-electron chi connectivity index (χ2n) is 3.33. The van der Waals surface area contributed by atoms with Gasteiger partial charge in [0.25, 0.3) is 0 Å². The van der Waals surface area contributed by atoms with E-state index in [4.69, 9.17) is 5.26 Å². The first-order chi connectivity index (χ1) is 7.26. The van der Waals surface area contributed by atoms with Gasteiger partial charge in [-0.3, -0.25) is 4.79 Å². The number of nitrogens with one attached hydrogen (secondary N) is 1. The largest absolute Gasteiger partial charge is 0.325 e. The van der Waals surface area contributed by atoms with Crippen molar-refractivity contribution in [3.63, 3.8) is 0 Å². The van der Waals surface area contributed by atoms with Crippen LogP contribution in [0.25, 0.3) is 0 Å². The molecule has 0 radical (unpaired) electrons. The fourth-order valence-corrected chi connectivity index (χ4v) is 1.32. The van der Waals surface area contributed by atoms with E-state index in [0.29, 0.717) is 0 Å². The van der Waals surface area contributed by atoms with Gasteiger partial charge in [0, 0.05) is 5.69 Å². The van der Waals surface area contributed by atoms with Gasteiger partial charge in [-0.05, 0) is 24.1 Å². The Balaban J connectivity index is 2.57. The molecule has 0 spiro atoms. The third kappa shape index (κ3) is 3.82.